The number of alkyl carbamates (subject to hydrolysis) is 2. The number of nitrogens with one attached hydrogen (secondary N) is 4. The van der Waals surface area contributed by atoms with Gasteiger partial charge in [-0.2, -0.15) is 0 Å². The van der Waals surface area contributed by atoms with Crippen molar-refractivity contribution in [1.29, 1.82) is 0 Å². The van der Waals surface area contributed by atoms with E-state index < -0.39 is 30.1 Å². The molecular weight excluding hydrogens is 884 g/mol. The molecule has 2 aromatic heterocycles. The molecule has 0 aliphatic carbocycles. The molecule has 372 valence electrons. The number of benzene rings is 2. The third kappa shape index (κ3) is 11.3. The van der Waals surface area contributed by atoms with E-state index in [0.717, 1.165) is 48.9 Å². The number of likely N-dealkylation sites (tertiary alicyclic amines) is 2. The van der Waals surface area contributed by atoms with E-state index in [0.29, 0.717) is 60.1 Å². The topological polar surface area (TPSA) is 193 Å². The fourth-order valence-electron chi connectivity index (χ4n) is 11.7. The number of H-pyrrole nitrogens is 2. The number of carbonyl (C=O) groups is 4. The fourth-order valence-corrected chi connectivity index (χ4v) is 11.7. The number of carbonyl (C=O) groups excluding carboxylic acids is 4. The van der Waals surface area contributed by atoms with Gasteiger partial charge >= 0.3 is 12.2 Å². The average Bonchev–Trinajstić information content (AvgIpc) is 4.14. The van der Waals surface area contributed by atoms with Crippen molar-refractivity contribution in [3.63, 3.8) is 0 Å². The Bertz CT molecular complexity index is 2420. The van der Waals surface area contributed by atoms with E-state index in [4.69, 9.17) is 23.9 Å². The van der Waals surface area contributed by atoms with Crippen molar-refractivity contribution in [2.45, 2.75) is 166 Å². The Kier molecular flexibility index (Phi) is 15.4. The second kappa shape index (κ2) is 21.5. The van der Waals surface area contributed by atoms with E-state index >= 15 is 4.39 Å². The number of amides is 4. The molecule has 0 bridgehead atoms. The summed E-state index contributed by atoms with van der Waals surface area (Å²) in [5, 5.41) is 5.77. The Morgan fingerprint density at radius 1 is 0.696 bits per heavy atom. The summed E-state index contributed by atoms with van der Waals surface area (Å²) < 4.78 is 37.8. The van der Waals surface area contributed by atoms with Crippen LogP contribution in [0, 0.1) is 17.7 Å². The number of methoxy groups -OCH3 is 2. The van der Waals surface area contributed by atoms with Crippen molar-refractivity contribution in [2.75, 3.05) is 14.2 Å². The highest BCUT2D eigenvalue weighted by molar-refractivity contribution is 5.87. The van der Waals surface area contributed by atoms with Gasteiger partial charge < -0.3 is 49.3 Å². The van der Waals surface area contributed by atoms with Crippen LogP contribution in [0.3, 0.4) is 0 Å². The van der Waals surface area contributed by atoms with Gasteiger partial charge in [-0.1, -0.05) is 30.3 Å². The lowest BCUT2D eigenvalue weighted by atomic mass is 9.85. The number of nitrogens with zero attached hydrogens (tertiary/aromatic N) is 4. The van der Waals surface area contributed by atoms with Crippen molar-refractivity contribution in [1.82, 2.24) is 40.4 Å². The third-order valence-electron chi connectivity index (χ3n) is 14.8. The van der Waals surface area contributed by atoms with E-state index in [2.05, 4.69) is 39.4 Å². The minimum absolute atomic E-state index is 0.0420. The molecule has 8 rings (SSSR count). The predicted octanol–water partition coefficient (Wildman–Crippen LogP) is 9.01. The number of rotatable bonds is 13. The van der Waals surface area contributed by atoms with E-state index in [1.165, 1.54) is 20.3 Å². The van der Waals surface area contributed by atoms with Crippen LogP contribution in [0.15, 0.2) is 54.9 Å². The molecular formula is C52H69FN8O8. The molecule has 4 fully saturated rings. The monoisotopic (exact) mass is 953 g/mol. The number of ether oxygens (including phenoxy) is 4. The molecule has 4 aliphatic rings. The largest absolute Gasteiger partial charge is 0.453 e. The second-order valence-electron chi connectivity index (χ2n) is 20.0. The van der Waals surface area contributed by atoms with Crippen LogP contribution in [0.25, 0.3) is 33.6 Å². The highest BCUT2D eigenvalue weighted by Crippen LogP contribution is 2.40. The highest BCUT2D eigenvalue weighted by Gasteiger charge is 2.45. The van der Waals surface area contributed by atoms with Crippen LogP contribution < -0.4 is 10.6 Å². The number of hydrogen-bond donors (Lipinski definition) is 4. The zero-order valence-corrected chi connectivity index (χ0v) is 41.1. The quantitative estimate of drug-likeness (QED) is 0.101. The van der Waals surface area contributed by atoms with Gasteiger partial charge in [-0.3, -0.25) is 9.59 Å². The molecule has 4 N–H and O–H groups in total. The number of imidazole rings is 2. The maximum Gasteiger partial charge on any atom is 0.407 e. The molecule has 10 atom stereocenters. The molecule has 4 aliphatic heterocycles. The molecule has 0 spiro atoms. The maximum atomic E-state index is 16.0. The zero-order chi connectivity index (χ0) is 49.1. The molecule has 4 aromatic rings. The SMILES string of the molecule is COC(=O)NC(CC(=O)N1[C@@H](C)CC[C@H]1c1ncc(-c2ccc(-c3ccc(-c4cnc([C@@H]5CC[C@H](C)N5C(=O)[C@@H](NC(=O)OC)C5C[C@@H](C)O[C@H](C)C5)[nH]4)cc3)cc2F)[nH]1)CC1C[C@@H](C)O[C@H](C)C1. The molecule has 69 heavy (non-hydrogen) atoms. The highest BCUT2D eigenvalue weighted by atomic mass is 19.1. The van der Waals surface area contributed by atoms with Crippen LogP contribution in [0.5, 0.6) is 0 Å². The molecule has 4 amide bonds. The Balaban J connectivity index is 0.927. The fraction of sp³-hybridized carbons (Fsp3) is 0.577. The molecule has 1 unspecified atom stereocenters. The first-order chi connectivity index (χ1) is 33.1. The lowest BCUT2D eigenvalue weighted by molar-refractivity contribution is -0.140. The maximum absolute atomic E-state index is 16.0. The van der Waals surface area contributed by atoms with Gasteiger partial charge in [0.05, 0.1) is 74.5 Å². The number of hydrogen-bond acceptors (Lipinski definition) is 10. The molecule has 0 radical (unpaired) electrons. The van der Waals surface area contributed by atoms with Gasteiger partial charge in [0.15, 0.2) is 0 Å². The van der Waals surface area contributed by atoms with Crippen LogP contribution in [0.1, 0.15) is 129 Å². The Morgan fingerprint density at radius 2 is 1.22 bits per heavy atom. The van der Waals surface area contributed by atoms with Gasteiger partial charge in [-0.05, 0) is 140 Å². The molecule has 6 heterocycles. The first-order valence-corrected chi connectivity index (χ1v) is 24.7. The van der Waals surface area contributed by atoms with Gasteiger partial charge in [0.25, 0.3) is 0 Å². The summed E-state index contributed by atoms with van der Waals surface area (Å²) >= 11 is 0. The average molecular weight is 953 g/mol. The summed E-state index contributed by atoms with van der Waals surface area (Å²) in [6.07, 6.45) is 9.08. The van der Waals surface area contributed by atoms with Crippen LogP contribution in [0.4, 0.5) is 14.0 Å². The predicted molar refractivity (Wildman–Crippen MR) is 257 cm³/mol. The Hall–Kier alpha value is -5.81. The smallest absolute Gasteiger partial charge is 0.407 e. The van der Waals surface area contributed by atoms with Gasteiger partial charge in [0.1, 0.15) is 23.5 Å². The van der Waals surface area contributed by atoms with Crippen molar-refractivity contribution in [3.05, 3.63) is 72.3 Å². The van der Waals surface area contributed by atoms with E-state index in [1.807, 2.05) is 67.8 Å². The van der Waals surface area contributed by atoms with Crippen molar-refractivity contribution in [2.24, 2.45) is 11.8 Å². The van der Waals surface area contributed by atoms with Gasteiger partial charge in [-0.15, -0.1) is 0 Å². The van der Waals surface area contributed by atoms with Crippen LogP contribution >= 0.6 is 0 Å². The Morgan fingerprint density at radius 3 is 1.83 bits per heavy atom. The molecule has 17 heteroatoms. The summed E-state index contributed by atoms with van der Waals surface area (Å²) in [7, 11) is 2.62. The summed E-state index contributed by atoms with van der Waals surface area (Å²) in [6.45, 7) is 12.2. The second-order valence-corrected chi connectivity index (χ2v) is 20.0. The minimum atomic E-state index is -0.763. The standard InChI is InChI=1S/C52H69FN8O8/c1-28-9-17-44(60(28)46(62)25-39(56-51(64)66-7)23-34-19-30(3)68-31(4)20-34)48-55-27-43(58-48)40-16-15-37(24-41(40)53)35-11-13-36(14-12-35)42-26-54-49(57-42)45-18-10-29(2)61(45)50(63)47(59-52(65)67-8)38-21-32(5)69-33(6)22-38/h11-16,24,26-34,38-39,44-45,47H,9-10,17-23,25H2,1-8H3,(H,54,57)(H,55,58)(H,56,64)(H,59,65)/t28-,29-,30+,31+,32+,33+,39?,44-,45-,47-/m0/s1. The molecule has 2 aromatic carbocycles. The third-order valence-corrected chi connectivity index (χ3v) is 14.8. The molecule has 0 saturated carbocycles. The first kappa shape index (κ1) is 49.6. The molecule has 16 nitrogen and oxygen atoms in total. The summed E-state index contributed by atoms with van der Waals surface area (Å²) in [4.78, 5) is 73.4. The van der Waals surface area contributed by atoms with Crippen LogP contribution in [0.2, 0.25) is 0 Å². The summed E-state index contributed by atoms with van der Waals surface area (Å²) in [5.74, 6) is 0.799. The van der Waals surface area contributed by atoms with Crippen molar-refractivity contribution < 1.29 is 42.5 Å². The number of halogens is 1. The van der Waals surface area contributed by atoms with E-state index in [9.17, 15) is 19.2 Å². The summed E-state index contributed by atoms with van der Waals surface area (Å²) in [6, 6.07) is 11.0. The number of aromatic amines is 2. The Labute approximate surface area is 404 Å². The number of aromatic nitrogens is 4. The normalized spacial score (nSPS) is 28.0. The molecule has 4 saturated heterocycles. The van der Waals surface area contributed by atoms with Crippen LogP contribution in [-0.4, -0.2) is 117 Å². The summed E-state index contributed by atoms with van der Waals surface area (Å²) in [5.41, 5.74) is 4.07. The van der Waals surface area contributed by atoms with E-state index in [1.54, 1.807) is 18.5 Å². The first-order valence-electron chi connectivity index (χ1n) is 24.7. The van der Waals surface area contributed by atoms with Gasteiger partial charge in [-0.25, -0.2) is 23.9 Å². The van der Waals surface area contributed by atoms with E-state index in [-0.39, 0.29) is 72.7 Å². The lowest BCUT2D eigenvalue weighted by Gasteiger charge is -2.39. The zero-order valence-electron chi connectivity index (χ0n) is 41.1. The van der Waals surface area contributed by atoms with Crippen LogP contribution in [-0.2, 0) is 28.5 Å². The van der Waals surface area contributed by atoms with Crippen molar-refractivity contribution in [3.8, 4) is 33.6 Å². The minimum Gasteiger partial charge on any atom is -0.453 e. The van der Waals surface area contributed by atoms with Gasteiger partial charge in [0, 0.05) is 30.1 Å². The van der Waals surface area contributed by atoms with Gasteiger partial charge in [0.2, 0.25) is 11.8 Å². The lowest BCUT2D eigenvalue weighted by Crippen LogP contribution is -2.55. The van der Waals surface area contributed by atoms with Crippen molar-refractivity contribution >= 4 is 24.0 Å².